The Labute approximate surface area is 164 Å². The summed E-state index contributed by atoms with van der Waals surface area (Å²) in [6.45, 7) is 7.57. The molecule has 4 rings (SSSR count). The predicted octanol–water partition coefficient (Wildman–Crippen LogP) is 2.31. The van der Waals surface area contributed by atoms with Crippen LogP contribution in [0.5, 0.6) is 0 Å². The van der Waals surface area contributed by atoms with E-state index in [0.29, 0.717) is 31.7 Å². The average molecular weight is 379 g/mol. The van der Waals surface area contributed by atoms with Gasteiger partial charge in [0.05, 0.1) is 24.1 Å². The van der Waals surface area contributed by atoms with Gasteiger partial charge >= 0.3 is 0 Å². The van der Waals surface area contributed by atoms with Crippen molar-refractivity contribution >= 4 is 28.6 Å². The first kappa shape index (κ1) is 18.2. The highest BCUT2D eigenvalue weighted by Gasteiger charge is 2.19. The molecule has 1 aliphatic rings. The lowest BCUT2D eigenvalue weighted by Crippen LogP contribution is -2.37. The van der Waals surface area contributed by atoms with Gasteiger partial charge in [-0.05, 0) is 26.0 Å². The standard InChI is InChI=1S/C20H25N7O/c1-3-22-19(21)25-20-23-17-13-27(15-6-4-14(2)5-7-15)12-16(17)18(24-20)26-8-10-28-11-9-26/h4-7,12-13H,3,8-11H2,1-2H3,(H3,21,22,23,25). The Hall–Kier alpha value is -3.13. The Bertz CT molecular complexity index is 988. The maximum atomic E-state index is 5.92. The average Bonchev–Trinajstić information content (AvgIpc) is 3.13. The molecule has 1 saturated heterocycles. The highest BCUT2D eigenvalue weighted by Crippen LogP contribution is 2.28. The van der Waals surface area contributed by atoms with Crippen molar-refractivity contribution in [2.45, 2.75) is 13.8 Å². The van der Waals surface area contributed by atoms with Crippen LogP contribution in [0.2, 0.25) is 0 Å². The van der Waals surface area contributed by atoms with Crippen LogP contribution in [0.15, 0.2) is 41.7 Å². The number of nitrogens with two attached hydrogens (primary N) is 1. The smallest absolute Gasteiger partial charge is 0.232 e. The molecule has 0 radical (unpaired) electrons. The molecule has 1 aliphatic heterocycles. The van der Waals surface area contributed by atoms with Crippen LogP contribution in [0.4, 0.5) is 11.8 Å². The van der Waals surface area contributed by atoms with Gasteiger partial charge < -0.3 is 19.9 Å². The molecule has 0 aliphatic carbocycles. The highest BCUT2D eigenvalue weighted by atomic mass is 16.5. The fraction of sp³-hybridized carbons (Fsp3) is 0.350. The number of nitrogens with zero attached hydrogens (tertiary/aromatic N) is 5. The summed E-state index contributed by atoms with van der Waals surface area (Å²) in [5.74, 6) is 1.64. The summed E-state index contributed by atoms with van der Waals surface area (Å²) < 4.78 is 7.58. The monoisotopic (exact) mass is 379 g/mol. The van der Waals surface area contributed by atoms with Crippen LogP contribution < -0.4 is 16.0 Å². The van der Waals surface area contributed by atoms with Gasteiger partial charge in [0.25, 0.3) is 0 Å². The molecule has 0 unspecified atom stereocenters. The van der Waals surface area contributed by atoms with Gasteiger partial charge in [0, 0.05) is 37.7 Å². The zero-order valence-electron chi connectivity index (χ0n) is 16.2. The molecule has 2 aromatic heterocycles. The van der Waals surface area contributed by atoms with E-state index >= 15 is 0 Å². The topological polar surface area (TPSA) is 93.6 Å². The van der Waals surface area contributed by atoms with Gasteiger partial charge in [-0.1, -0.05) is 17.7 Å². The van der Waals surface area contributed by atoms with Crippen molar-refractivity contribution in [3.05, 3.63) is 42.2 Å². The Balaban J connectivity index is 1.79. The van der Waals surface area contributed by atoms with E-state index in [9.17, 15) is 0 Å². The molecule has 0 atom stereocenters. The number of aryl methyl sites for hydroxylation is 1. The van der Waals surface area contributed by atoms with Gasteiger partial charge in [-0.3, -0.25) is 10.3 Å². The van der Waals surface area contributed by atoms with Crippen molar-refractivity contribution in [2.75, 3.05) is 43.1 Å². The van der Waals surface area contributed by atoms with E-state index in [4.69, 9.17) is 15.5 Å². The summed E-state index contributed by atoms with van der Waals surface area (Å²) in [5.41, 5.74) is 9.08. The first-order valence-corrected chi connectivity index (χ1v) is 9.50. The van der Waals surface area contributed by atoms with Gasteiger partial charge in [-0.25, -0.2) is 4.98 Å². The van der Waals surface area contributed by atoms with Crippen LogP contribution in [0.3, 0.4) is 0 Å². The largest absolute Gasteiger partial charge is 0.378 e. The molecule has 3 heterocycles. The molecular weight excluding hydrogens is 354 g/mol. The second-order valence-electron chi connectivity index (χ2n) is 6.75. The zero-order valence-corrected chi connectivity index (χ0v) is 16.2. The van der Waals surface area contributed by atoms with Gasteiger partial charge in [-0.15, -0.1) is 0 Å². The van der Waals surface area contributed by atoms with Crippen LogP contribution in [0.25, 0.3) is 16.6 Å². The van der Waals surface area contributed by atoms with Crippen LogP contribution in [-0.4, -0.2) is 53.3 Å². The number of hydrogen-bond acceptors (Lipinski definition) is 5. The Kier molecular flexibility index (Phi) is 5.12. The van der Waals surface area contributed by atoms with E-state index in [1.807, 2.05) is 13.1 Å². The SMILES string of the molecule is CCN=C(N)Nc1nc(N2CCOCC2)c2cn(-c3ccc(C)cc3)cc2n1. The molecule has 1 aromatic carbocycles. The van der Waals surface area contributed by atoms with E-state index < -0.39 is 0 Å². The lowest BCUT2D eigenvalue weighted by Gasteiger charge is -2.28. The van der Waals surface area contributed by atoms with Gasteiger partial charge in [0.1, 0.15) is 5.82 Å². The van der Waals surface area contributed by atoms with E-state index in [1.54, 1.807) is 0 Å². The fourth-order valence-electron chi connectivity index (χ4n) is 3.27. The predicted molar refractivity (Wildman–Crippen MR) is 112 cm³/mol. The second kappa shape index (κ2) is 7.85. The summed E-state index contributed by atoms with van der Waals surface area (Å²) in [6, 6.07) is 8.40. The van der Waals surface area contributed by atoms with Crippen molar-refractivity contribution in [2.24, 2.45) is 10.7 Å². The third kappa shape index (κ3) is 3.77. The maximum absolute atomic E-state index is 5.92. The number of hydrogen-bond donors (Lipinski definition) is 2. The quantitative estimate of drug-likeness (QED) is 0.534. The lowest BCUT2D eigenvalue weighted by molar-refractivity contribution is 0.122. The summed E-state index contributed by atoms with van der Waals surface area (Å²) >= 11 is 0. The van der Waals surface area contributed by atoms with Crippen LogP contribution in [0, 0.1) is 6.92 Å². The third-order valence-electron chi connectivity index (χ3n) is 4.70. The maximum Gasteiger partial charge on any atom is 0.232 e. The molecular formula is C20H25N7O. The van der Waals surface area contributed by atoms with E-state index in [1.165, 1.54) is 5.56 Å². The Morgan fingerprint density at radius 1 is 1.18 bits per heavy atom. The normalized spacial score (nSPS) is 15.2. The first-order chi connectivity index (χ1) is 13.6. The molecule has 0 saturated carbocycles. The molecule has 8 heteroatoms. The zero-order chi connectivity index (χ0) is 19.5. The van der Waals surface area contributed by atoms with Crippen molar-refractivity contribution in [1.82, 2.24) is 14.5 Å². The molecule has 3 N–H and O–H groups in total. The number of anilines is 2. The number of ether oxygens (including phenoxy) is 1. The molecule has 8 nitrogen and oxygen atoms in total. The molecule has 3 aromatic rings. The van der Waals surface area contributed by atoms with Crippen molar-refractivity contribution in [3.63, 3.8) is 0 Å². The van der Waals surface area contributed by atoms with Crippen LogP contribution in [0.1, 0.15) is 12.5 Å². The third-order valence-corrected chi connectivity index (χ3v) is 4.70. The number of aromatic nitrogens is 3. The highest BCUT2D eigenvalue weighted by molar-refractivity contribution is 5.95. The number of benzene rings is 1. The summed E-state index contributed by atoms with van der Waals surface area (Å²) in [6.07, 6.45) is 4.10. The van der Waals surface area contributed by atoms with Gasteiger partial charge in [0.15, 0.2) is 5.96 Å². The van der Waals surface area contributed by atoms with Crippen LogP contribution >= 0.6 is 0 Å². The van der Waals surface area contributed by atoms with E-state index in [-0.39, 0.29) is 0 Å². The van der Waals surface area contributed by atoms with Gasteiger partial charge in [0.2, 0.25) is 5.95 Å². The second-order valence-corrected chi connectivity index (χ2v) is 6.75. The summed E-state index contributed by atoms with van der Waals surface area (Å²) in [4.78, 5) is 15.8. The number of guanidine groups is 1. The molecule has 0 spiro atoms. The molecule has 0 bridgehead atoms. The van der Waals surface area contributed by atoms with Gasteiger partial charge in [-0.2, -0.15) is 4.98 Å². The summed E-state index contributed by atoms with van der Waals surface area (Å²) in [7, 11) is 0. The summed E-state index contributed by atoms with van der Waals surface area (Å²) in [5, 5.41) is 4.01. The van der Waals surface area contributed by atoms with Crippen molar-refractivity contribution in [3.8, 4) is 5.69 Å². The molecule has 28 heavy (non-hydrogen) atoms. The minimum Gasteiger partial charge on any atom is -0.378 e. The fourth-order valence-corrected chi connectivity index (χ4v) is 3.27. The minimum absolute atomic E-state index is 0.313. The van der Waals surface area contributed by atoms with Crippen molar-refractivity contribution in [1.29, 1.82) is 0 Å². The van der Waals surface area contributed by atoms with E-state index in [0.717, 1.165) is 35.5 Å². The Morgan fingerprint density at radius 3 is 2.64 bits per heavy atom. The number of rotatable bonds is 4. The molecule has 1 fully saturated rings. The molecule has 0 amide bonds. The van der Waals surface area contributed by atoms with Crippen molar-refractivity contribution < 1.29 is 4.74 Å². The first-order valence-electron chi connectivity index (χ1n) is 9.50. The molecule has 146 valence electrons. The number of aliphatic imine (C=N–C) groups is 1. The van der Waals surface area contributed by atoms with Crippen LogP contribution in [-0.2, 0) is 4.74 Å². The minimum atomic E-state index is 0.313. The lowest BCUT2D eigenvalue weighted by atomic mass is 10.2. The number of nitrogens with one attached hydrogen (secondary N) is 1. The number of fused-ring (bicyclic) bond motifs is 1. The number of morpholine rings is 1. The Morgan fingerprint density at radius 2 is 1.93 bits per heavy atom. The van der Waals surface area contributed by atoms with E-state index in [2.05, 4.69) is 62.1 Å².